The van der Waals surface area contributed by atoms with E-state index in [0.29, 0.717) is 12.8 Å². The number of benzene rings is 1. The molecule has 0 saturated heterocycles. The molecule has 1 aromatic carbocycles. The highest BCUT2D eigenvalue weighted by Gasteiger charge is 2.35. The summed E-state index contributed by atoms with van der Waals surface area (Å²) in [5, 5.41) is 0. The van der Waals surface area contributed by atoms with Crippen molar-refractivity contribution in [2.45, 2.75) is 32.3 Å². The van der Waals surface area contributed by atoms with Gasteiger partial charge in [0.15, 0.2) is 0 Å². The van der Waals surface area contributed by atoms with Crippen LogP contribution in [0.25, 0.3) is 0 Å². The van der Waals surface area contributed by atoms with Crippen molar-refractivity contribution in [3.8, 4) is 5.75 Å². The number of hydrogen-bond acceptors (Lipinski definition) is 4. The van der Waals surface area contributed by atoms with Gasteiger partial charge in [-0.1, -0.05) is 26.0 Å². The van der Waals surface area contributed by atoms with Crippen LogP contribution in [0.1, 0.15) is 32.3 Å². The van der Waals surface area contributed by atoms with E-state index in [1.54, 1.807) is 19.2 Å². The molecule has 1 atom stereocenters. The summed E-state index contributed by atoms with van der Waals surface area (Å²) in [4.78, 5) is 10.8. The second-order valence-corrected chi connectivity index (χ2v) is 4.37. The highest BCUT2D eigenvalue weighted by molar-refractivity contribution is 7.30. The third kappa shape index (κ3) is 3.25. The van der Waals surface area contributed by atoms with Crippen LogP contribution < -0.4 is 9.63 Å². The third-order valence-electron chi connectivity index (χ3n) is 3.01. The minimum Gasteiger partial charge on any atom is -0.566 e. The van der Waals surface area contributed by atoms with Gasteiger partial charge in [0.1, 0.15) is 11.4 Å². The van der Waals surface area contributed by atoms with E-state index in [1.807, 2.05) is 26.0 Å². The van der Waals surface area contributed by atoms with E-state index in [9.17, 15) is 9.46 Å². The predicted molar refractivity (Wildman–Crippen MR) is 63.9 cm³/mol. The van der Waals surface area contributed by atoms with Crippen LogP contribution in [0.2, 0.25) is 0 Å². The lowest BCUT2D eigenvalue weighted by Gasteiger charge is -2.26. The molecule has 0 fully saturated rings. The van der Waals surface area contributed by atoms with Crippen LogP contribution in [0.5, 0.6) is 5.75 Å². The van der Waals surface area contributed by atoms with Crippen molar-refractivity contribution < 1.29 is 18.7 Å². The molecule has 94 valence electrons. The fraction of sp³-hybridized carbons (Fsp3) is 0.500. The Morgan fingerprint density at radius 2 is 1.76 bits per heavy atom. The summed E-state index contributed by atoms with van der Waals surface area (Å²) in [6, 6.07) is 7.28. The topological polar surface area (TPSA) is 58.6 Å². The molecule has 0 saturated carbocycles. The summed E-state index contributed by atoms with van der Waals surface area (Å²) in [6.07, 6.45) is 1.19. The normalized spacial score (nSPS) is 12.4. The smallest absolute Gasteiger partial charge is 0.489 e. The Morgan fingerprint density at radius 1 is 1.24 bits per heavy atom. The van der Waals surface area contributed by atoms with Gasteiger partial charge in [0, 0.05) is 0 Å². The first kappa shape index (κ1) is 14.1. The van der Waals surface area contributed by atoms with Crippen molar-refractivity contribution in [1.82, 2.24) is 0 Å². The van der Waals surface area contributed by atoms with E-state index < -0.39 is 13.9 Å². The van der Waals surface area contributed by atoms with E-state index in [0.717, 1.165) is 11.3 Å². The molecule has 0 spiro atoms. The van der Waals surface area contributed by atoms with Gasteiger partial charge in [-0.25, -0.2) is 0 Å². The highest BCUT2D eigenvalue weighted by Crippen LogP contribution is 2.39. The zero-order valence-corrected chi connectivity index (χ0v) is 11.2. The molecular formula is C12H17O4P. The minimum absolute atomic E-state index is 0.596. The van der Waals surface area contributed by atoms with Gasteiger partial charge in [0.25, 0.3) is 0 Å². The molecule has 4 nitrogen and oxygen atoms in total. The molecule has 17 heavy (non-hydrogen) atoms. The molecule has 0 N–H and O–H groups in total. The highest BCUT2D eigenvalue weighted by atomic mass is 31.1. The first-order valence-electron chi connectivity index (χ1n) is 5.56. The summed E-state index contributed by atoms with van der Waals surface area (Å²) in [5.41, 5.74) is 0.0871. The molecule has 1 unspecified atom stereocenters. The fourth-order valence-electron chi connectivity index (χ4n) is 1.88. The molecule has 0 aliphatic heterocycles. The van der Waals surface area contributed by atoms with E-state index in [1.165, 1.54) is 0 Å². The zero-order chi connectivity index (χ0) is 12.9. The van der Waals surface area contributed by atoms with Gasteiger partial charge in [0.05, 0.1) is 7.11 Å². The summed E-state index contributed by atoms with van der Waals surface area (Å²) >= 11 is 0. The predicted octanol–water partition coefficient (Wildman–Crippen LogP) is 2.74. The third-order valence-corrected chi connectivity index (χ3v) is 3.51. The van der Waals surface area contributed by atoms with Crippen LogP contribution in [0, 0.1) is 0 Å². The Morgan fingerprint density at radius 3 is 2.12 bits per heavy atom. The van der Waals surface area contributed by atoms with E-state index in [2.05, 4.69) is 0 Å². The van der Waals surface area contributed by atoms with Crippen molar-refractivity contribution >= 4 is 8.25 Å². The van der Waals surface area contributed by atoms with Crippen molar-refractivity contribution in [3.63, 3.8) is 0 Å². The van der Waals surface area contributed by atoms with E-state index in [-0.39, 0.29) is 0 Å². The number of rotatable bonds is 6. The lowest BCUT2D eigenvalue weighted by molar-refractivity contribution is -0.197. The Balaban J connectivity index is 3.07. The van der Waals surface area contributed by atoms with E-state index >= 15 is 0 Å². The molecule has 5 heteroatoms. The molecule has 0 aromatic heterocycles. The summed E-state index contributed by atoms with van der Waals surface area (Å²) in [5.74, 6) is 0.737. The van der Waals surface area contributed by atoms with Crippen LogP contribution in [-0.4, -0.2) is 7.11 Å². The van der Waals surface area contributed by atoms with Gasteiger partial charge in [-0.15, -0.1) is 4.52 Å². The van der Waals surface area contributed by atoms with Crippen LogP contribution in [0.3, 0.4) is 0 Å². The Hall–Kier alpha value is -0.960. The molecule has 0 amide bonds. The quantitative estimate of drug-likeness (QED) is 0.734. The standard InChI is InChI=1S/C12H17O4P/c1-4-12(5-2,16-17(13)14)10-6-8-11(15-3)9-7-10/h6-9H,4-5H2,1-3H3. The maximum absolute atomic E-state index is 10.8. The molecule has 0 aliphatic carbocycles. The van der Waals surface area contributed by atoms with Crippen LogP contribution in [0.15, 0.2) is 24.3 Å². The second kappa shape index (κ2) is 6.10. The van der Waals surface area contributed by atoms with E-state index in [4.69, 9.17) is 9.26 Å². The molecule has 0 aliphatic rings. The van der Waals surface area contributed by atoms with Gasteiger partial charge in [0.2, 0.25) is 0 Å². The van der Waals surface area contributed by atoms with Gasteiger partial charge < -0.3 is 9.63 Å². The Labute approximate surface area is 103 Å². The molecule has 0 radical (unpaired) electrons. The van der Waals surface area contributed by atoms with Crippen molar-refractivity contribution in [2.24, 2.45) is 0 Å². The number of hydrogen-bond donors (Lipinski definition) is 0. The summed E-state index contributed by atoms with van der Waals surface area (Å²) < 4.78 is 21.0. The van der Waals surface area contributed by atoms with Crippen LogP contribution in [0.4, 0.5) is 0 Å². The van der Waals surface area contributed by atoms with Crippen molar-refractivity contribution in [2.75, 3.05) is 7.11 Å². The number of methoxy groups -OCH3 is 1. The first-order chi connectivity index (χ1) is 8.07. The Bertz CT molecular complexity index is 371. The summed E-state index contributed by atoms with van der Waals surface area (Å²) in [7, 11) is -1.28. The fourth-order valence-corrected chi connectivity index (χ4v) is 2.53. The van der Waals surface area contributed by atoms with Gasteiger partial charge >= 0.3 is 8.25 Å². The molecule has 1 rings (SSSR count). The lowest BCUT2D eigenvalue weighted by atomic mass is 9.89. The number of ether oxygens (including phenoxy) is 1. The van der Waals surface area contributed by atoms with Crippen LogP contribution in [-0.2, 0) is 14.7 Å². The molecule has 1 aromatic rings. The van der Waals surface area contributed by atoms with Crippen molar-refractivity contribution in [3.05, 3.63) is 29.8 Å². The Kier molecular flexibility index (Phi) is 5.06. The second-order valence-electron chi connectivity index (χ2n) is 3.74. The zero-order valence-electron chi connectivity index (χ0n) is 10.3. The van der Waals surface area contributed by atoms with Gasteiger partial charge in [-0.05, 0) is 35.1 Å². The average Bonchev–Trinajstić information content (AvgIpc) is 2.36. The SMILES string of the molecule is CCC(CC)(O[P+](=O)[O-])c1ccc(OC)cc1. The molecule has 0 bridgehead atoms. The van der Waals surface area contributed by atoms with Gasteiger partial charge in [-0.2, -0.15) is 0 Å². The largest absolute Gasteiger partial charge is 0.566 e. The maximum atomic E-state index is 10.8. The molecular weight excluding hydrogens is 239 g/mol. The van der Waals surface area contributed by atoms with Crippen molar-refractivity contribution in [1.29, 1.82) is 0 Å². The minimum atomic E-state index is -2.87. The average molecular weight is 256 g/mol. The molecule has 0 heterocycles. The van der Waals surface area contributed by atoms with Gasteiger partial charge in [-0.3, -0.25) is 0 Å². The monoisotopic (exact) mass is 256 g/mol. The maximum Gasteiger partial charge on any atom is 0.489 e. The first-order valence-corrected chi connectivity index (χ1v) is 6.65. The lowest BCUT2D eigenvalue weighted by Crippen LogP contribution is -2.26. The van der Waals surface area contributed by atoms with Crippen LogP contribution >= 0.6 is 8.25 Å². The summed E-state index contributed by atoms with van der Waals surface area (Å²) in [6.45, 7) is 3.82.